The number of hydrogen-bond acceptors (Lipinski definition) is 4. The number of aromatic nitrogens is 2. The first-order valence-electron chi connectivity index (χ1n) is 5.57. The van der Waals surface area contributed by atoms with Gasteiger partial charge in [-0.2, -0.15) is 5.10 Å². The standard InChI is InChI=1S/C12H17N3OS/c1-4-8-5-6-10(17-8)11(13)12-9(16-3)7-14-15(12)2/h5-7,11H,4,13H2,1-3H3. The average molecular weight is 251 g/mol. The maximum absolute atomic E-state index is 6.28. The SMILES string of the molecule is CCc1ccc(C(N)c2c(OC)cnn2C)s1. The molecule has 92 valence electrons. The molecule has 0 aliphatic rings. The Morgan fingerprint density at radius 3 is 2.88 bits per heavy atom. The van der Waals surface area contributed by atoms with Crippen molar-refractivity contribution in [1.82, 2.24) is 9.78 Å². The second-order valence-corrected chi connectivity index (χ2v) is 5.06. The van der Waals surface area contributed by atoms with Gasteiger partial charge in [-0.15, -0.1) is 11.3 Å². The second kappa shape index (κ2) is 4.89. The first-order chi connectivity index (χ1) is 8.17. The summed E-state index contributed by atoms with van der Waals surface area (Å²) in [6, 6.07) is 4.03. The average Bonchev–Trinajstić information content (AvgIpc) is 2.94. The fraction of sp³-hybridized carbons (Fsp3) is 0.417. The van der Waals surface area contributed by atoms with Crippen molar-refractivity contribution in [2.45, 2.75) is 19.4 Å². The van der Waals surface area contributed by atoms with Gasteiger partial charge >= 0.3 is 0 Å². The maximum atomic E-state index is 6.28. The maximum Gasteiger partial charge on any atom is 0.161 e. The van der Waals surface area contributed by atoms with Crippen LogP contribution < -0.4 is 10.5 Å². The third-order valence-electron chi connectivity index (χ3n) is 2.80. The van der Waals surface area contributed by atoms with E-state index in [0.29, 0.717) is 0 Å². The lowest BCUT2D eigenvalue weighted by Crippen LogP contribution is -2.15. The molecule has 0 spiro atoms. The molecule has 2 aromatic heterocycles. The molecule has 17 heavy (non-hydrogen) atoms. The van der Waals surface area contributed by atoms with E-state index in [1.165, 1.54) is 4.88 Å². The van der Waals surface area contributed by atoms with E-state index in [4.69, 9.17) is 10.5 Å². The zero-order valence-corrected chi connectivity index (χ0v) is 11.1. The molecule has 2 rings (SSSR count). The summed E-state index contributed by atoms with van der Waals surface area (Å²) in [5.74, 6) is 0.742. The minimum Gasteiger partial charge on any atom is -0.493 e. The largest absolute Gasteiger partial charge is 0.493 e. The topological polar surface area (TPSA) is 53.1 Å². The van der Waals surface area contributed by atoms with E-state index in [0.717, 1.165) is 22.7 Å². The highest BCUT2D eigenvalue weighted by molar-refractivity contribution is 7.12. The number of rotatable bonds is 4. The van der Waals surface area contributed by atoms with Crippen LogP contribution >= 0.6 is 11.3 Å². The van der Waals surface area contributed by atoms with Gasteiger partial charge in [0.05, 0.1) is 19.3 Å². The van der Waals surface area contributed by atoms with E-state index < -0.39 is 0 Å². The van der Waals surface area contributed by atoms with Crippen molar-refractivity contribution in [3.63, 3.8) is 0 Å². The van der Waals surface area contributed by atoms with Gasteiger partial charge in [-0.05, 0) is 18.6 Å². The van der Waals surface area contributed by atoms with Gasteiger partial charge < -0.3 is 10.5 Å². The number of nitrogens with zero attached hydrogens (tertiary/aromatic N) is 2. The van der Waals surface area contributed by atoms with Crippen molar-refractivity contribution in [2.75, 3.05) is 7.11 Å². The molecule has 0 aliphatic carbocycles. The van der Waals surface area contributed by atoms with E-state index >= 15 is 0 Å². The van der Waals surface area contributed by atoms with Crippen LogP contribution in [0, 0.1) is 0 Å². The molecule has 2 heterocycles. The Morgan fingerprint density at radius 2 is 2.29 bits per heavy atom. The van der Waals surface area contributed by atoms with Crippen molar-refractivity contribution in [3.8, 4) is 5.75 Å². The molecule has 5 heteroatoms. The van der Waals surface area contributed by atoms with Gasteiger partial charge in [0, 0.05) is 16.8 Å². The molecule has 2 N–H and O–H groups in total. The van der Waals surface area contributed by atoms with E-state index in [1.807, 2.05) is 7.05 Å². The summed E-state index contributed by atoms with van der Waals surface area (Å²) in [5.41, 5.74) is 7.19. The third-order valence-corrected chi connectivity index (χ3v) is 4.11. The predicted octanol–water partition coefficient (Wildman–Crippen LogP) is 2.10. The fourth-order valence-corrected chi connectivity index (χ4v) is 2.78. The summed E-state index contributed by atoms with van der Waals surface area (Å²) in [7, 11) is 3.52. The molecule has 1 unspecified atom stereocenters. The van der Waals surface area contributed by atoms with E-state index in [-0.39, 0.29) is 6.04 Å². The summed E-state index contributed by atoms with van der Waals surface area (Å²) in [6.07, 6.45) is 2.74. The Labute approximate surface area is 105 Å². The van der Waals surface area contributed by atoms with E-state index in [9.17, 15) is 0 Å². The summed E-state index contributed by atoms with van der Waals surface area (Å²) in [6.45, 7) is 2.14. The van der Waals surface area contributed by atoms with Crippen LogP contribution in [0.25, 0.3) is 0 Å². The predicted molar refractivity (Wildman–Crippen MR) is 69.5 cm³/mol. The Kier molecular flexibility index (Phi) is 3.49. The van der Waals surface area contributed by atoms with Crippen LogP contribution in [0.5, 0.6) is 5.75 Å². The Hall–Kier alpha value is -1.33. The van der Waals surface area contributed by atoms with Gasteiger partial charge in [0.15, 0.2) is 5.75 Å². The molecule has 0 aliphatic heterocycles. The summed E-state index contributed by atoms with van der Waals surface area (Å²) in [5, 5.41) is 4.18. The summed E-state index contributed by atoms with van der Waals surface area (Å²) in [4.78, 5) is 2.49. The fourth-order valence-electron chi connectivity index (χ4n) is 1.83. The van der Waals surface area contributed by atoms with Gasteiger partial charge in [-0.3, -0.25) is 4.68 Å². The molecule has 0 fully saturated rings. The monoisotopic (exact) mass is 251 g/mol. The zero-order valence-electron chi connectivity index (χ0n) is 10.3. The lowest BCUT2D eigenvalue weighted by atomic mass is 10.1. The van der Waals surface area contributed by atoms with Crippen molar-refractivity contribution < 1.29 is 4.74 Å². The van der Waals surface area contributed by atoms with Crippen LogP contribution in [0.2, 0.25) is 0 Å². The quantitative estimate of drug-likeness (QED) is 0.905. The van der Waals surface area contributed by atoms with Crippen LogP contribution in [0.1, 0.15) is 28.4 Å². The van der Waals surface area contributed by atoms with Crippen LogP contribution in [0.15, 0.2) is 18.3 Å². The van der Waals surface area contributed by atoms with E-state index in [2.05, 4.69) is 24.2 Å². The zero-order chi connectivity index (χ0) is 12.4. The van der Waals surface area contributed by atoms with Crippen molar-refractivity contribution in [1.29, 1.82) is 0 Å². The number of methoxy groups -OCH3 is 1. The minimum absolute atomic E-state index is 0.178. The molecular weight excluding hydrogens is 234 g/mol. The number of aryl methyl sites for hydroxylation is 2. The Morgan fingerprint density at radius 1 is 1.53 bits per heavy atom. The van der Waals surface area contributed by atoms with Crippen LogP contribution in [0.3, 0.4) is 0 Å². The molecule has 4 nitrogen and oxygen atoms in total. The Balaban J connectivity index is 2.35. The lowest BCUT2D eigenvalue weighted by molar-refractivity contribution is 0.406. The van der Waals surface area contributed by atoms with E-state index in [1.54, 1.807) is 29.3 Å². The summed E-state index contributed by atoms with van der Waals surface area (Å²) < 4.78 is 7.06. The van der Waals surface area contributed by atoms with Gasteiger partial charge in [-0.1, -0.05) is 6.92 Å². The van der Waals surface area contributed by atoms with Gasteiger partial charge in [0.25, 0.3) is 0 Å². The highest BCUT2D eigenvalue weighted by atomic mass is 32.1. The van der Waals surface area contributed by atoms with Crippen LogP contribution in [-0.2, 0) is 13.5 Å². The van der Waals surface area contributed by atoms with Crippen LogP contribution in [-0.4, -0.2) is 16.9 Å². The first-order valence-corrected chi connectivity index (χ1v) is 6.39. The molecule has 0 saturated carbocycles. The highest BCUT2D eigenvalue weighted by Crippen LogP contribution is 2.31. The third kappa shape index (κ3) is 2.21. The highest BCUT2D eigenvalue weighted by Gasteiger charge is 2.20. The normalized spacial score (nSPS) is 12.7. The van der Waals surface area contributed by atoms with Gasteiger partial charge in [0.2, 0.25) is 0 Å². The van der Waals surface area contributed by atoms with Crippen LogP contribution in [0.4, 0.5) is 0 Å². The number of hydrogen-bond donors (Lipinski definition) is 1. The van der Waals surface area contributed by atoms with Gasteiger partial charge in [0.1, 0.15) is 5.69 Å². The molecule has 1 atom stereocenters. The van der Waals surface area contributed by atoms with Crippen molar-refractivity contribution in [3.05, 3.63) is 33.8 Å². The molecule has 0 aromatic carbocycles. The summed E-state index contributed by atoms with van der Waals surface area (Å²) >= 11 is 1.75. The molecular formula is C12H17N3OS. The van der Waals surface area contributed by atoms with Crippen molar-refractivity contribution in [2.24, 2.45) is 12.8 Å². The Bertz CT molecular complexity index is 504. The van der Waals surface area contributed by atoms with Crippen molar-refractivity contribution >= 4 is 11.3 Å². The lowest BCUT2D eigenvalue weighted by Gasteiger charge is -2.12. The molecule has 2 aromatic rings. The molecule has 0 bridgehead atoms. The molecule has 0 saturated heterocycles. The minimum atomic E-state index is -0.178. The van der Waals surface area contributed by atoms with Gasteiger partial charge in [-0.25, -0.2) is 0 Å². The number of thiophene rings is 1. The smallest absolute Gasteiger partial charge is 0.161 e. The first kappa shape index (κ1) is 12.1. The number of ether oxygens (including phenoxy) is 1. The molecule has 0 radical (unpaired) electrons. The molecule has 0 amide bonds. The second-order valence-electron chi connectivity index (χ2n) is 3.86. The number of nitrogens with two attached hydrogens (primary N) is 1.